The van der Waals surface area contributed by atoms with Crippen molar-refractivity contribution in [3.63, 3.8) is 0 Å². The summed E-state index contributed by atoms with van der Waals surface area (Å²) in [4.78, 5) is 36.6. The lowest BCUT2D eigenvalue weighted by molar-refractivity contribution is -0.125. The zero-order chi connectivity index (χ0) is 16.8. The van der Waals surface area contributed by atoms with Gasteiger partial charge in [-0.15, -0.1) is 0 Å². The van der Waals surface area contributed by atoms with Crippen molar-refractivity contribution in [1.82, 2.24) is 10.2 Å². The molecule has 1 heterocycles. The van der Waals surface area contributed by atoms with Crippen molar-refractivity contribution in [2.24, 2.45) is 11.7 Å². The van der Waals surface area contributed by atoms with Crippen LogP contribution in [-0.4, -0.2) is 49.4 Å². The van der Waals surface area contributed by atoms with Gasteiger partial charge in [-0.05, 0) is 37.1 Å². The monoisotopic (exact) mass is 319 g/mol. The molecule has 0 saturated carbocycles. The molecule has 7 nitrogen and oxygen atoms in total. The number of carbonyl (C=O) groups is 3. The first-order chi connectivity index (χ1) is 11.0. The third kappa shape index (κ3) is 4.45. The standard InChI is InChI=1S/C16H21N3O4/c1-18-15(21)12-3-2-8-19(9-12)16(22)11-4-6-13(7-5-11)23-10-14(17)20/h4-7,12H,2-3,8-10H2,1H3,(H2,17,20)(H,18,21). The normalized spacial score (nSPS) is 17.4. The van der Waals surface area contributed by atoms with Crippen molar-refractivity contribution in [2.75, 3.05) is 26.7 Å². The van der Waals surface area contributed by atoms with Gasteiger partial charge in [0.05, 0.1) is 5.92 Å². The maximum absolute atomic E-state index is 12.5. The number of hydrogen-bond donors (Lipinski definition) is 2. The Morgan fingerprint density at radius 2 is 2.00 bits per heavy atom. The second-order valence-electron chi connectivity index (χ2n) is 5.48. The van der Waals surface area contributed by atoms with Crippen LogP contribution in [0.4, 0.5) is 0 Å². The summed E-state index contributed by atoms with van der Waals surface area (Å²) >= 11 is 0. The van der Waals surface area contributed by atoms with Gasteiger partial charge in [-0.3, -0.25) is 14.4 Å². The first kappa shape index (κ1) is 16.8. The fourth-order valence-electron chi connectivity index (χ4n) is 2.61. The molecule has 23 heavy (non-hydrogen) atoms. The number of nitrogens with zero attached hydrogens (tertiary/aromatic N) is 1. The number of ether oxygens (including phenoxy) is 1. The van der Waals surface area contributed by atoms with E-state index in [2.05, 4.69) is 5.32 Å². The Morgan fingerprint density at radius 1 is 1.30 bits per heavy atom. The van der Waals surface area contributed by atoms with E-state index in [0.29, 0.717) is 24.4 Å². The van der Waals surface area contributed by atoms with Gasteiger partial charge < -0.3 is 20.7 Å². The Morgan fingerprint density at radius 3 is 2.61 bits per heavy atom. The third-order valence-electron chi connectivity index (χ3n) is 3.81. The molecular weight excluding hydrogens is 298 g/mol. The molecule has 3 amide bonds. The summed E-state index contributed by atoms with van der Waals surface area (Å²) in [5, 5.41) is 2.63. The van der Waals surface area contributed by atoms with Gasteiger partial charge in [0.25, 0.3) is 11.8 Å². The van der Waals surface area contributed by atoms with E-state index in [9.17, 15) is 14.4 Å². The van der Waals surface area contributed by atoms with Gasteiger partial charge in [-0.1, -0.05) is 0 Å². The lowest BCUT2D eigenvalue weighted by Crippen LogP contribution is -2.44. The van der Waals surface area contributed by atoms with E-state index in [4.69, 9.17) is 10.5 Å². The van der Waals surface area contributed by atoms with Gasteiger partial charge in [-0.25, -0.2) is 0 Å². The first-order valence-electron chi connectivity index (χ1n) is 7.53. The van der Waals surface area contributed by atoms with E-state index in [-0.39, 0.29) is 24.3 Å². The third-order valence-corrected chi connectivity index (χ3v) is 3.81. The molecule has 1 unspecified atom stereocenters. The zero-order valence-corrected chi connectivity index (χ0v) is 13.1. The predicted molar refractivity (Wildman–Crippen MR) is 83.8 cm³/mol. The summed E-state index contributed by atoms with van der Waals surface area (Å²) in [7, 11) is 1.61. The molecule has 0 bridgehead atoms. The lowest BCUT2D eigenvalue weighted by atomic mass is 9.96. The Balaban J connectivity index is 1.99. The molecule has 0 radical (unpaired) electrons. The number of carbonyl (C=O) groups excluding carboxylic acids is 3. The van der Waals surface area contributed by atoms with Crippen LogP contribution in [0.15, 0.2) is 24.3 Å². The highest BCUT2D eigenvalue weighted by Gasteiger charge is 2.28. The number of primary amides is 1. The second kappa shape index (κ2) is 7.62. The Bertz CT molecular complexity index is 585. The summed E-state index contributed by atoms with van der Waals surface area (Å²) < 4.78 is 5.16. The molecule has 3 N–H and O–H groups in total. The van der Waals surface area contributed by atoms with E-state index in [1.54, 1.807) is 36.2 Å². The molecule has 1 saturated heterocycles. The van der Waals surface area contributed by atoms with Crippen LogP contribution in [0, 0.1) is 5.92 Å². The Kier molecular flexibility index (Phi) is 5.56. The highest BCUT2D eigenvalue weighted by atomic mass is 16.5. The second-order valence-corrected chi connectivity index (χ2v) is 5.48. The van der Waals surface area contributed by atoms with Crippen LogP contribution in [0.1, 0.15) is 23.2 Å². The molecule has 0 aromatic heterocycles. The molecular formula is C16H21N3O4. The molecule has 124 valence electrons. The van der Waals surface area contributed by atoms with E-state index >= 15 is 0 Å². The van der Waals surface area contributed by atoms with Crippen molar-refractivity contribution in [1.29, 1.82) is 0 Å². The topological polar surface area (TPSA) is 102 Å². The van der Waals surface area contributed by atoms with Crippen LogP contribution in [0.5, 0.6) is 5.75 Å². The van der Waals surface area contributed by atoms with Crippen LogP contribution >= 0.6 is 0 Å². The summed E-state index contributed by atoms with van der Waals surface area (Å²) in [5.74, 6) is -0.380. The van der Waals surface area contributed by atoms with Crippen LogP contribution in [0.2, 0.25) is 0 Å². The minimum absolute atomic E-state index is 0.0299. The van der Waals surface area contributed by atoms with E-state index in [1.165, 1.54) is 0 Å². The van der Waals surface area contributed by atoms with Crippen LogP contribution < -0.4 is 15.8 Å². The zero-order valence-electron chi connectivity index (χ0n) is 13.1. The molecule has 2 rings (SSSR count). The fraction of sp³-hybridized carbons (Fsp3) is 0.438. The quantitative estimate of drug-likeness (QED) is 0.806. The van der Waals surface area contributed by atoms with Crippen molar-refractivity contribution < 1.29 is 19.1 Å². The molecule has 7 heteroatoms. The van der Waals surface area contributed by atoms with Crippen molar-refractivity contribution in [2.45, 2.75) is 12.8 Å². The minimum Gasteiger partial charge on any atom is -0.484 e. The van der Waals surface area contributed by atoms with E-state index in [0.717, 1.165) is 12.8 Å². The highest BCUT2D eigenvalue weighted by Crippen LogP contribution is 2.20. The largest absolute Gasteiger partial charge is 0.484 e. The predicted octanol–water partition coefficient (Wildman–Crippen LogP) is 0.149. The van der Waals surface area contributed by atoms with Gasteiger partial charge >= 0.3 is 0 Å². The minimum atomic E-state index is -0.557. The summed E-state index contributed by atoms with van der Waals surface area (Å²) in [5.41, 5.74) is 5.53. The van der Waals surface area contributed by atoms with Gasteiger partial charge in [-0.2, -0.15) is 0 Å². The van der Waals surface area contributed by atoms with Crippen molar-refractivity contribution in [3.05, 3.63) is 29.8 Å². The number of nitrogens with one attached hydrogen (secondary N) is 1. The maximum atomic E-state index is 12.5. The van der Waals surface area contributed by atoms with Crippen molar-refractivity contribution in [3.8, 4) is 5.75 Å². The average molecular weight is 319 g/mol. The molecule has 1 aliphatic rings. The molecule has 0 spiro atoms. The van der Waals surface area contributed by atoms with Crippen LogP contribution in [0.3, 0.4) is 0 Å². The number of likely N-dealkylation sites (tertiary alicyclic amines) is 1. The number of amides is 3. The van der Waals surface area contributed by atoms with E-state index in [1.807, 2.05) is 0 Å². The highest BCUT2D eigenvalue weighted by molar-refractivity contribution is 5.94. The first-order valence-corrected chi connectivity index (χ1v) is 7.53. The molecule has 1 aromatic rings. The number of piperidine rings is 1. The Labute approximate surface area is 134 Å². The molecule has 1 aromatic carbocycles. The smallest absolute Gasteiger partial charge is 0.255 e. The Hall–Kier alpha value is -2.57. The van der Waals surface area contributed by atoms with Gasteiger partial charge in [0.2, 0.25) is 5.91 Å². The van der Waals surface area contributed by atoms with Gasteiger partial charge in [0.15, 0.2) is 6.61 Å². The van der Waals surface area contributed by atoms with Gasteiger partial charge in [0, 0.05) is 25.7 Å². The molecule has 1 aliphatic heterocycles. The summed E-state index contributed by atoms with van der Waals surface area (Å²) in [6.45, 7) is 0.873. The molecule has 1 fully saturated rings. The summed E-state index contributed by atoms with van der Waals surface area (Å²) in [6, 6.07) is 6.52. The molecule has 0 aliphatic carbocycles. The number of benzene rings is 1. The van der Waals surface area contributed by atoms with Crippen LogP contribution in [-0.2, 0) is 9.59 Å². The molecule has 1 atom stereocenters. The SMILES string of the molecule is CNC(=O)C1CCCN(C(=O)c2ccc(OCC(N)=O)cc2)C1. The van der Waals surface area contributed by atoms with Crippen molar-refractivity contribution >= 4 is 17.7 Å². The van der Waals surface area contributed by atoms with Gasteiger partial charge in [0.1, 0.15) is 5.75 Å². The fourth-order valence-corrected chi connectivity index (χ4v) is 2.61. The number of hydrogen-bond acceptors (Lipinski definition) is 4. The van der Waals surface area contributed by atoms with E-state index < -0.39 is 5.91 Å². The van der Waals surface area contributed by atoms with Crippen LogP contribution in [0.25, 0.3) is 0 Å². The number of nitrogens with two attached hydrogens (primary N) is 1. The maximum Gasteiger partial charge on any atom is 0.255 e. The lowest BCUT2D eigenvalue weighted by Gasteiger charge is -2.31. The number of rotatable bonds is 5. The average Bonchev–Trinajstić information content (AvgIpc) is 2.59. The summed E-state index contributed by atoms with van der Waals surface area (Å²) in [6.07, 6.45) is 1.60.